The van der Waals surface area contributed by atoms with Crippen molar-refractivity contribution >= 4 is 35.5 Å². The van der Waals surface area contributed by atoms with Crippen LogP contribution in [0, 0.1) is 0 Å². The second-order valence-corrected chi connectivity index (χ2v) is 7.42. The molecule has 1 aromatic heterocycles. The van der Waals surface area contributed by atoms with E-state index in [9.17, 15) is 0 Å². The minimum Gasteiger partial charge on any atom is -0.356 e. The Morgan fingerprint density at radius 3 is 2.48 bits per heavy atom. The third kappa shape index (κ3) is 6.19. The van der Waals surface area contributed by atoms with Gasteiger partial charge in [0.05, 0.1) is 0 Å². The van der Waals surface area contributed by atoms with Crippen LogP contribution in [0.3, 0.4) is 0 Å². The second-order valence-electron chi connectivity index (χ2n) is 7.42. The Morgan fingerprint density at radius 1 is 1.06 bits per heavy atom. The van der Waals surface area contributed by atoms with E-state index >= 15 is 0 Å². The Hall–Kier alpha value is -2.61. The lowest BCUT2D eigenvalue weighted by atomic mass is 10.00. The fraction of sp³-hybridized carbons (Fsp3) is 0.280. The molecular weight excluding hydrogens is 497 g/mol. The monoisotopic (exact) mass is 527 g/mol. The number of halogens is 1. The van der Waals surface area contributed by atoms with E-state index < -0.39 is 0 Å². The minimum atomic E-state index is 0. The van der Waals surface area contributed by atoms with Crippen LogP contribution in [0.25, 0.3) is 5.57 Å². The molecule has 0 bridgehead atoms. The van der Waals surface area contributed by atoms with Crippen molar-refractivity contribution in [3.05, 3.63) is 96.1 Å². The summed E-state index contributed by atoms with van der Waals surface area (Å²) >= 11 is 0. The van der Waals surface area contributed by atoms with E-state index in [1.807, 2.05) is 18.5 Å². The van der Waals surface area contributed by atoms with E-state index in [2.05, 4.69) is 87.4 Å². The fourth-order valence-electron chi connectivity index (χ4n) is 3.76. The average Bonchev–Trinajstić information content (AvgIpc) is 3.25. The SMILES string of the molecule is CCNC(=NCc1nccn1Cc1ccccc1)N1CC=C(c2ccccc2)CC1.I. The third-order valence-electron chi connectivity index (χ3n) is 5.36. The lowest BCUT2D eigenvalue weighted by molar-refractivity contribution is 0.439. The quantitative estimate of drug-likeness (QED) is 0.285. The summed E-state index contributed by atoms with van der Waals surface area (Å²) in [6.45, 7) is 6.17. The molecule has 162 valence electrons. The Labute approximate surface area is 201 Å². The van der Waals surface area contributed by atoms with Crippen molar-refractivity contribution in [2.45, 2.75) is 26.4 Å². The molecule has 2 aromatic carbocycles. The van der Waals surface area contributed by atoms with E-state index in [1.54, 1.807) is 0 Å². The molecule has 0 atom stereocenters. The summed E-state index contributed by atoms with van der Waals surface area (Å²) in [6, 6.07) is 21.1. The topological polar surface area (TPSA) is 45.5 Å². The third-order valence-corrected chi connectivity index (χ3v) is 5.36. The van der Waals surface area contributed by atoms with Gasteiger partial charge in [0.1, 0.15) is 12.4 Å². The van der Waals surface area contributed by atoms with Crippen LogP contribution in [0.2, 0.25) is 0 Å². The molecule has 0 radical (unpaired) electrons. The number of hydrogen-bond donors (Lipinski definition) is 1. The predicted molar refractivity (Wildman–Crippen MR) is 139 cm³/mol. The average molecular weight is 527 g/mol. The van der Waals surface area contributed by atoms with Gasteiger partial charge in [-0.15, -0.1) is 24.0 Å². The van der Waals surface area contributed by atoms with Gasteiger partial charge in [0.2, 0.25) is 0 Å². The van der Waals surface area contributed by atoms with E-state index in [0.717, 1.165) is 44.4 Å². The summed E-state index contributed by atoms with van der Waals surface area (Å²) in [5.41, 5.74) is 4.00. The van der Waals surface area contributed by atoms with Gasteiger partial charge in [-0.25, -0.2) is 9.98 Å². The molecule has 0 spiro atoms. The normalized spacial score (nSPS) is 14.0. The molecule has 0 fully saturated rings. The van der Waals surface area contributed by atoms with Crippen LogP contribution in [0.1, 0.15) is 30.3 Å². The van der Waals surface area contributed by atoms with E-state index in [-0.39, 0.29) is 24.0 Å². The highest BCUT2D eigenvalue weighted by Gasteiger charge is 2.16. The maximum atomic E-state index is 4.90. The number of nitrogens with one attached hydrogen (secondary N) is 1. The van der Waals surface area contributed by atoms with Crippen LogP contribution in [-0.4, -0.2) is 40.0 Å². The highest BCUT2D eigenvalue weighted by molar-refractivity contribution is 14.0. The molecule has 0 unspecified atom stereocenters. The zero-order chi connectivity index (χ0) is 20.6. The zero-order valence-electron chi connectivity index (χ0n) is 17.9. The second kappa shape index (κ2) is 11.7. The van der Waals surface area contributed by atoms with Gasteiger partial charge in [-0.3, -0.25) is 0 Å². The standard InChI is InChI=1S/C25H29N5.HI/c1-2-26-25(29-16-13-23(14-17-29)22-11-7-4-8-12-22)28-19-24-27-15-18-30(24)20-21-9-5-3-6-10-21;/h3-13,15,18H,2,14,16-17,19-20H2,1H3,(H,26,28);1H. The Bertz CT molecular complexity index is 995. The molecule has 5 nitrogen and oxygen atoms in total. The smallest absolute Gasteiger partial charge is 0.194 e. The van der Waals surface area contributed by atoms with Gasteiger partial charge in [-0.05, 0) is 30.0 Å². The van der Waals surface area contributed by atoms with Crippen molar-refractivity contribution in [1.29, 1.82) is 0 Å². The van der Waals surface area contributed by atoms with Crippen molar-refractivity contribution in [2.75, 3.05) is 19.6 Å². The minimum absolute atomic E-state index is 0. The molecule has 3 aromatic rings. The first kappa shape index (κ1) is 23.1. The van der Waals surface area contributed by atoms with Crippen LogP contribution in [-0.2, 0) is 13.1 Å². The van der Waals surface area contributed by atoms with Crippen LogP contribution in [0.15, 0.2) is 84.1 Å². The highest BCUT2D eigenvalue weighted by Crippen LogP contribution is 2.22. The molecule has 6 heteroatoms. The largest absolute Gasteiger partial charge is 0.356 e. The Morgan fingerprint density at radius 2 is 1.81 bits per heavy atom. The van der Waals surface area contributed by atoms with Crippen LogP contribution in [0.5, 0.6) is 0 Å². The van der Waals surface area contributed by atoms with Crippen LogP contribution < -0.4 is 5.32 Å². The van der Waals surface area contributed by atoms with Gasteiger partial charge in [0.25, 0.3) is 0 Å². The summed E-state index contributed by atoms with van der Waals surface area (Å²) in [5, 5.41) is 3.45. The van der Waals surface area contributed by atoms with Gasteiger partial charge >= 0.3 is 0 Å². The number of aliphatic imine (C=N–C) groups is 1. The number of aromatic nitrogens is 2. The van der Waals surface area contributed by atoms with Gasteiger partial charge in [0, 0.05) is 38.6 Å². The molecule has 4 rings (SSSR count). The molecule has 0 saturated heterocycles. The number of imidazole rings is 1. The van der Waals surface area contributed by atoms with Crippen molar-refractivity contribution in [3.8, 4) is 0 Å². The molecular formula is C25H30IN5. The molecule has 1 aliphatic heterocycles. The summed E-state index contributed by atoms with van der Waals surface area (Å²) in [6.07, 6.45) is 7.23. The number of guanidine groups is 1. The number of benzene rings is 2. The number of nitrogens with zero attached hydrogens (tertiary/aromatic N) is 4. The van der Waals surface area contributed by atoms with E-state index in [4.69, 9.17) is 4.99 Å². The first-order valence-corrected chi connectivity index (χ1v) is 10.6. The number of rotatable bonds is 6. The number of hydrogen-bond acceptors (Lipinski definition) is 2. The maximum Gasteiger partial charge on any atom is 0.194 e. The lowest BCUT2D eigenvalue weighted by Gasteiger charge is -2.29. The van der Waals surface area contributed by atoms with Gasteiger partial charge in [0.15, 0.2) is 5.96 Å². The molecule has 2 heterocycles. The first-order valence-electron chi connectivity index (χ1n) is 10.6. The van der Waals surface area contributed by atoms with Gasteiger partial charge in [-0.2, -0.15) is 0 Å². The Balaban J connectivity index is 0.00000272. The first-order chi connectivity index (χ1) is 14.8. The molecule has 0 aliphatic carbocycles. The zero-order valence-corrected chi connectivity index (χ0v) is 20.3. The van der Waals surface area contributed by atoms with Crippen molar-refractivity contribution in [2.24, 2.45) is 4.99 Å². The molecule has 1 N–H and O–H groups in total. The van der Waals surface area contributed by atoms with Gasteiger partial charge < -0.3 is 14.8 Å². The molecule has 31 heavy (non-hydrogen) atoms. The summed E-state index contributed by atoms with van der Waals surface area (Å²) in [5.74, 6) is 1.93. The fourth-order valence-corrected chi connectivity index (χ4v) is 3.76. The Kier molecular flexibility index (Phi) is 8.70. The van der Waals surface area contributed by atoms with Crippen LogP contribution >= 0.6 is 24.0 Å². The van der Waals surface area contributed by atoms with Crippen molar-refractivity contribution < 1.29 is 0 Å². The van der Waals surface area contributed by atoms with Crippen molar-refractivity contribution in [3.63, 3.8) is 0 Å². The highest BCUT2D eigenvalue weighted by atomic mass is 127. The maximum absolute atomic E-state index is 4.90. The molecule has 0 amide bonds. The molecule has 0 saturated carbocycles. The summed E-state index contributed by atoms with van der Waals surface area (Å²) in [7, 11) is 0. The van der Waals surface area contributed by atoms with Gasteiger partial charge in [-0.1, -0.05) is 66.7 Å². The lowest BCUT2D eigenvalue weighted by Crippen LogP contribution is -2.43. The van der Waals surface area contributed by atoms with E-state index in [1.165, 1.54) is 16.7 Å². The van der Waals surface area contributed by atoms with Crippen molar-refractivity contribution in [1.82, 2.24) is 19.8 Å². The molecule has 1 aliphatic rings. The van der Waals surface area contributed by atoms with E-state index in [0.29, 0.717) is 6.54 Å². The predicted octanol–water partition coefficient (Wildman–Crippen LogP) is 4.80. The van der Waals surface area contributed by atoms with Crippen LogP contribution in [0.4, 0.5) is 0 Å². The summed E-state index contributed by atoms with van der Waals surface area (Å²) < 4.78 is 2.17. The summed E-state index contributed by atoms with van der Waals surface area (Å²) in [4.78, 5) is 11.8.